The van der Waals surface area contributed by atoms with Gasteiger partial charge in [-0.05, 0) is 30.7 Å². The number of hydrogen-bond acceptors (Lipinski definition) is 3. The van der Waals surface area contributed by atoms with Gasteiger partial charge in [-0.1, -0.05) is 12.1 Å². The molecule has 2 aromatic rings. The Kier molecular flexibility index (Phi) is 2.77. The van der Waals surface area contributed by atoms with Crippen molar-refractivity contribution in [2.24, 2.45) is 0 Å². The second kappa shape index (κ2) is 4.23. The minimum absolute atomic E-state index is 0.328. The molecule has 0 aliphatic heterocycles. The number of ether oxygens (including phenoxy) is 1. The van der Waals surface area contributed by atoms with Gasteiger partial charge in [-0.15, -0.1) is 0 Å². The normalized spacial score (nSPS) is 10.1. The Morgan fingerprint density at radius 1 is 1.25 bits per heavy atom. The summed E-state index contributed by atoms with van der Waals surface area (Å²) in [6, 6.07) is 9.16. The van der Waals surface area contributed by atoms with Gasteiger partial charge in [0.15, 0.2) is 0 Å². The molecule has 0 saturated carbocycles. The molecule has 0 unspecified atom stereocenters. The van der Waals surface area contributed by atoms with E-state index < -0.39 is 0 Å². The molecule has 0 N–H and O–H groups in total. The lowest BCUT2D eigenvalue weighted by Gasteiger charge is -2.07. The summed E-state index contributed by atoms with van der Waals surface area (Å²) in [6.07, 6.45) is 1.61. The van der Waals surface area contributed by atoms with Crippen LogP contribution in [-0.4, -0.2) is 13.1 Å². The number of methoxy groups -OCH3 is 1. The van der Waals surface area contributed by atoms with Gasteiger partial charge >= 0.3 is 5.97 Å². The molecule has 2 rings (SSSR count). The minimum atomic E-state index is -0.328. The Hall–Kier alpha value is -2.03. The summed E-state index contributed by atoms with van der Waals surface area (Å²) in [7, 11) is 1.38. The molecule has 3 heteroatoms. The largest absolute Gasteiger partial charge is 0.465 e. The monoisotopic (exact) mass is 216 g/mol. The Bertz CT molecular complexity index is 498. The van der Waals surface area contributed by atoms with Gasteiger partial charge in [0.25, 0.3) is 0 Å². The maximum Gasteiger partial charge on any atom is 0.338 e. The van der Waals surface area contributed by atoms with E-state index in [-0.39, 0.29) is 5.97 Å². The Morgan fingerprint density at radius 3 is 2.69 bits per heavy atom. The lowest BCUT2D eigenvalue weighted by molar-refractivity contribution is 0.0600. The Morgan fingerprint density at radius 2 is 2.06 bits per heavy atom. The summed E-state index contributed by atoms with van der Waals surface area (Å²) in [4.78, 5) is 11.5. The van der Waals surface area contributed by atoms with E-state index in [0.29, 0.717) is 5.56 Å². The summed E-state index contributed by atoms with van der Waals surface area (Å²) < 4.78 is 10.0. The zero-order valence-corrected chi connectivity index (χ0v) is 9.19. The average molecular weight is 216 g/mol. The van der Waals surface area contributed by atoms with Crippen molar-refractivity contribution < 1.29 is 13.9 Å². The molecule has 1 heterocycles. The first-order chi connectivity index (χ1) is 7.74. The molecular weight excluding hydrogens is 204 g/mol. The van der Waals surface area contributed by atoms with Crippen LogP contribution < -0.4 is 0 Å². The predicted molar refractivity (Wildman–Crippen MR) is 60.2 cm³/mol. The van der Waals surface area contributed by atoms with E-state index in [1.54, 1.807) is 12.3 Å². The number of rotatable bonds is 2. The van der Waals surface area contributed by atoms with Crippen LogP contribution in [0.5, 0.6) is 0 Å². The van der Waals surface area contributed by atoms with Crippen molar-refractivity contribution in [2.45, 2.75) is 6.92 Å². The highest BCUT2D eigenvalue weighted by Crippen LogP contribution is 2.26. The third-order valence-corrected chi connectivity index (χ3v) is 2.53. The number of carbonyl (C=O) groups is 1. The van der Waals surface area contributed by atoms with Crippen molar-refractivity contribution in [3.8, 4) is 11.3 Å². The van der Waals surface area contributed by atoms with E-state index in [0.717, 1.165) is 16.9 Å². The quantitative estimate of drug-likeness (QED) is 0.724. The molecule has 3 nitrogen and oxygen atoms in total. The van der Waals surface area contributed by atoms with Gasteiger partial charge in [-0.25, -0.2) is 4.79 Å². The summed E-state index contributed by atoms with van der Waals surface area (Å²) in [5.74, 6) is 0.425. The molecular formula is C13H12O3. The number of furan rings is 1. The smallest absolute Gasteiger partial charge is 0.338 e. The van der Waals surface area contributed by atoms with Crippen LogP contribution in [0.15, 0.2) is 41.0 Å². The Balaban J connectivity index is 2.53. The fourth-order valence-corrected chi connectivity index (χ4v) is 1.67. The van der Waals surface area contributed by atoms with E-state index >= 15 is 0 Å². The molecule has 1 aromatic carbocycles. The molecule has 0 bridgehead atoms. The van der Waals surface area contributed by atoms with Gasteiger partial charge in [0.1, 0.15) is 5.76 Å². The van der Waals surface area contributed by atoms with E-state index in [4.69, 9.17) is 9.15 Å². The van der Waals surface area contributed by atoms with Gasteiger partial charge in [0, 0.05) is 5.56 Å². The molecule has 0 fully saturated rings. The highest BCUT2D eigenvalue weighted by atomic mass is 16.5. The maximum absolute atomic E-state index is 11.5. The first-order valence-electron chi connectivity index (χ1n) is 4.96. The molecule has 0 spiro atoms. The molecule has 0 aliphatic carbocycles. The zero-order valence-electron chi connectivity index (χ0n) is 9.19. The summed E-state index contributed by atoms with van der Waals surface area (Å²) >= 11 is 0. The van der Waals surface area contributed by atoms with Crippen LogP contribution >= 0.6 is 0 Å². The molecule has 0 amide bonds. The standard InChI is InChI=1S/C13H12O3/c1-9-10(12-7-4-8-16-12)5-3-6-11(9)13(14)15-2/h3-8H,1-2H3. The van der Waals surface area contributed by atoms with Gasteiger partial charge in [0.2, 0.25) is 0 Å². The lowest BCUT2D eigenvalue weighted by atomic mass is 10.0. The predicted octanol–water partition coefficient (Wildman–Crippen LogP) is 3.04. The van der Waals surface area contributed by atoms with Crippen LogP contribution in [0, 0.1) is 6.92 Å². The van der Waals surface area contributed by atoms with Crippen LogP contribution in [0.25, 0.3) is 11.3 Å². The number of hydrogen-bond donors (Lipinski definition) is 0. The molecule has 0 radical (unpaired) electrons. The van der Waals surface area contributed by atoms with Gasteiger partial charge in [0.05, 0.1) is 18.9 Å². The second-order valence-electron chi connectivity index (χ2n) is 3.45. The van der Waals surface area contributed by atoms with E-state index in [2.05, 4.69) is 0 Å². The van der Waals surface area contributed by atoms with Crippen molar-refractivity contribution in [3.05, 3.63) is 47.7 Å². The van der Waals surface area contributed by atoms with Crippen molar-refractivity contribution in [1.82, 2.24) is 0 Å². The summed E-state index contributed by atoms with van der Waals surface area (Å²) in [5.41, 5.74) is 2.34. The van der Waals surface area contributed by atoms with Gasteiger partial charge < -0.3 is 9.15 Å². The molecule has 1 aromatic heterocycles. The highest BCUT2D eigenvalue weighted by Gasteiger charge is 2.13. The van der Waals surface area contributed by atoms with E-state index in [9.17, 15) is 4.79 Å². The first kappa shape index (κ1) is 10.5. The fraction of sp³-hybridized carbons (Fsp3) is 0.154. The minimum Gasteiger partial charge on any atom is -0.465 e. The van der Waals surface area contributed by atoms with Crippen molar-refractivity contribution >= 4 is 5.97 Å². The Labute approximate surface area is 93.7 Å². The van der Waals surface area contributed by atoms with Crippen LogP contribution in [-0.2, 0) is 4.74 Å². The molecule has 0 saturated heterocycles. The van der Waals surface area contributed by atoms with E-state index in [1.165, 1.54) is 7.11 Å². The molecule has 0 atom stereocenters. The van der Waals surface area contributed by atoms with Crippen molar-refractivity contribution in [3.63, 3.8) is 0 Å². The third kappa shape index (κ3) is 1.72. The SMILES string of the molecule is COC(=O)c1cccc(-c2ccco2)c1C. The first-order valence-corrected chi connectivity index (χ1v) is 4.96. The van der Waals surface area contributed by atoms with Crippen molar-refractivity contribution in [2.75, 3.05) is 7.11 Å². The summed E-state index contributed by atoms with van der Waals surface area (Å²) in [6.45, 7) is 1.88. The third-order valence-electron chi connectivity index (χ3n) is 2.53. The van der Waals surface area contributed by atoms with Crippen molar-refractivity contribution in [1.29, 1.82) is 0 Å². The second-order valence-corrected chi connectivity index (χ2v) is 3.45. The molecule has 16 heavy (non-hydrogen) atoms. The van der Waals surface area contributed by atoms with Gasteiger partial charge in [-0.2, -0.15) is 0 Å². The van der Waals surface area contributed by atoms with Crippen LogP contribution in [0.1, 0.15) is 15.9 Å². The highest BCUT2D eigenvalue weighted by molar-refractivity contribution is 5.93. The van der Waals surface area contributed by atoms with Crippen LogP contribution in [0.4, 0.5) is 0 Å². The molecule has 82 valence electrons. The average Bonchev–Trinajstić information content (AvgIpc) is 2.82. The van der Waals surface area contributed by atoms with E-state index in [1.807, 2.05) is 31.2 Å². The number of esters is 1. The maximum atomic E-state index is 11.5. The number of benzene rings is 1. The topological polar surface area (TPSA) is 39.4 Å². The lowest BCUT2D eigenvalue weighted by Crippen LogP contribution is -2.04. The van der Waals surface area contributed by atoms with Crippen LogP contribution in [0.2, 0.25) is 0 Å². The number of carbonyl (C=O) groups excluding carboxylic acids is 1. The zero-order chi connectivity index (χ0) is 11.5. The van der Waals surface area contributed by atoms with Gasteiger partial charge in [-0.3, -0.25) is 0 Å². The fourth-order valence-electron chi connectivity index (χ4n) is 1.67. The van der Waals surface area contributed by atoms with Crippen LogP contribution in [0.3, 0.4) is 0 Å². The molecule has 0 aliphatic rings. The summed E-state index contributed by atoms with van der Waals surface area (Å²) in [5, 5.41) is 0.